The van der Waals surface area contributed by atoms with Crippen molar-refractivity contribution in [2.75, 3.05) is 18.5 Å². The second kappa shape index (κ2) is 8.33. The maximum absolute atomic E-state index is 12.8. The number of pyridine rings is 1. The number of H-pyrrole nitrogens is 1. The number of ether oxygens (including phenoxy) is 2. The zero-order valence-electron chi connectivity index (χ0n) is 16.5. The largest absolute Gasteiger partial charge is 0.489 e. The first-order valence-electron chi connectivity index (χ1n) is 9.43. The van der Waals surface area contributed by atoms with Gasteiger partial charge in [0.1, 0.15) is 18.0 Å². The topological polar surface area (TPSA) is 134 Å². The minimum Gasteiger partial charge on any atom is -0.489 e. The van der Waals surface area contributed by atoms with Gasteiger partial charge in [0.05, 0.1) is 12.3 Å². The highest BCUT2D eigenvalue weighted by atomic mass is 16.5. The molecule has 31 heavy (non-hydrogen) atoms. The standard InChI is InChI=1S/C22H19N3O6/c1-12-4-5-15(16(9-12)30-8-7-26)25-21-18(22(28)29)19(27)17(31-21)10-13-11-24-20-14(13)3-2-6-23-20/h2-6,9-11,25-26H,7-8H2,1H3,(H,23,24)(H,28,29). The summed E-state index contributed by atoms with van der Waals surface area (Å²) >= 11 is 0. The first kappa shape index (κ1) is 20.2. The molecule has 1 aliphatic rings. The summed E-state index contributed by atoms with van der Waals surface area (Å²) in [6.45, 7) is 1.74. The predicted molar refractivity (Wildman–Crippen MR) is 112 cm³/mol. The molecule has 2 aromatic heterocycles. The van der Waals surface area contributed by atoms with Crippen LogP contribution in [0.5, 0.6) is 5.75 Å². The van der Waals surface area contributed by atoms with E-state index in [0.717, 1.165) is 10.9 Å². The Kier molecular flexibility index (Phi) is 5.42. The van der Waals surface area contributed by atoms with Crippen LogP contribution in [-0.4, -0.2) is 45.1 Å². The van der Waals surface area contributed by atoms with E-state index in [1.54, 1.807) is 36.7 Å². The number of carboxylic acid groups (broad SMARTS) is 1. The lowest BCUT2D eigenvalue weighted by Gasteiger charge is -2.14. The Morgan fingerprint density at radius 1 is 1.35 bits per heavy atom. The Hall–Kier alpha value is -4.11. The molecule has 1 aliphatic heterocycles. The number of rotatable bonds is 7. The van der Waals surface area contributed by atoms with Gasteiger partial charge >= 0.3 is 5.97 Å². The third kappa shape index (κ3) is 3.99. The number of allylic oxidation sites excluding steroid dienone is 1. The smallest absolute Gasteiger partial charge is 0.345 e. The van der Waals surface area contributed by atoms with Gasteiger partial charge in [0.2, 0.25) is 11.7 Å². The van der Waals surface area contributed by atoms with Gasteiger partial charge in [0.25, 0.3) is 0 Å². The van der Waals surface area contributed by atoms with Crippen LogP contribution in [0.1, 0.15) is 11.1 Å². The average molecular weight is 421 g/mol. The number of aliphatic hydroxyl groups excluding tert-OH is 1. The monoisotopic (exact) mass is 421 g/mol. The molecule has 0 spiro atoms. The van der Waals surface area contributed by atoms with E-state index < -0.39 is 17.3 Å². The lowest BCUT2D eigenvalue weighted by Crippen LogP contribution is -2.12. The molecule has 4 rings (SSSR count). The van der Waals surface area contributed by atoms with Crippen LogP contribution in [0.3, 0.4) is 0 Å². The number of aromatic amines is 1. The Morgan fingerprint density at radius 2 is 2.19 bits per heavy atom. The maximum atomic E-state index is 12.8. The summed E-state index contributed by atoms with van der Waals surface area (Å²) < 4.78 is 11.1. The number of carbonyl (C=O) groups is 2. The molecule has 0 aliphatic carbocycles. The van der Waals surface area contributed by atoms with E-state index in [9.17, 15) is 14.7 Å². The van der Waals surface area contributed by atoms with Gasteiger partial charge in [-0.1, -0.05) is 6.07 Å². The van der Waals surface area contributed by atoms with Crippen molar-refractivity contribution in [1.82, 2.24) is 9.97 Å². The van der Waals surface area contributed by atoms with Crippen LogP contribution in [0.15, 0.2) is 59.9 Å². The zero-order chi connectivity index (χ0) is 22.0. The highest BCUT2D eigenvalue weighted by Gasteiger charge is 2.36. The molecule has 0 amide bonds. The Morgan fingerprint density at radius 3 is 2.97 bits per heavy atom. The molecular weight excluding hydrogens is 402 g/mol. The molecule has 0 radical (unpaired) electrons. The van der Waals surface area contributed by atoms with Crippen molar-refractivity contribution >= 4 is 34.5 Å². The fourth-order valence-electron chi connectivity index (χ4n) is 3.18. The van der Waals surface area contributed by atoms with Gasteiger partial charge in [-0.25, -0.2) is 9.78 Å². The van der Waals surface area contributed by atoms with Gasteiger partial charge in [0.15, 0.2) is 11.3 Å². The van der Waals surface area contributed by atoms with Crippen molar-refractivity contribution in [3.8, 4) is 5.75 Å². The van der Waals surface area contributed by atoms with Crippen molar-refractivity contribution in [2.45, 2.75) is 6.92 Å². The highest BCUT2D eigenvalue weighted by molar-refractivity contribution is 6.26. The van der Waals surface area contributed by atoms with E-state index in [1.807, 2.05) is 13.0 Å². The molecule has 9 nitrogen and oxygen atoms in total. The Labute approximate surface area is 176 Å². The number of hydrogen-bond acceptors (Lipinski definition) is 7. The number of aromatic nitrogens is 2. The van der Waals surface area contributed by atoms with Crippen molar-refractivity contribution in [1.29, 1.82) is 0 Å². The van der Waals surface area contributed by atoms with Crippen LogP contribution >= 0.6 is 0 Å². The zero-order valence-corrected chi connectivity index (χ0v) is 16.5. The first-order chi connectivity index (χ1) is 15.0. The SMILES string of the molecule is Cc1ccc(NC2=C(C(=O)O)C(=O)C(=Cc3c[nH]c4ncccc34)O2)c(OCCO)c1. The highest BCUT2D eigenvalue weighted by Crippen LogP contribution is 2.33. The number of nitrogens with zero attached hydrogens (tertiary/aromatic N) is 1. The molecule has 0 unspecified atom stereocenters. The summed E-state index contributed by atoms with van der Waals surface area (Å²) in [6, 6.07) is 8.78. The lowest BCUT2D eigenvalue weighted by atomic mass is 10.1. The minimum atomic E-state index is -1.42. The summed E-state index contributed by atoms with van der Waals surface area (Å²) in [5.74, 6) is -2.11. The number of carboxylic acids is 1. The molecule has 3 aromatic rings. The third-order valence-corrected chi connectivity index (χ3v) is 4.61. The molecular formula is C22H19N3O6. The first-order valence-corrected chi connectivity index (χ1v) is 9.43. The number of aliphatic hydroxyl groups is 1. The molecule has 1 aromatic carbocycles. The van der Waals surface area contributed by atoms with Crippen LogP contribution in [-0.2, 0) is 14.3 Å². The normalized spacial score (nSPS) is 14.9. The van der Waals surface area contributed by atoms with Crippen molar-refractivity contribution in [2.24, 2.45) is 0 Å². The van der Waals surface area contributed by atoms with Gasteiger partial charge in [-0.15, -0.1) is 0 Å². The van der Waals surface area contributed by atoms with Crippen LogP contribution in [0.4, 0.5) is 5.69 Å². The number of fused-ring (bicyclic) bond motifs is 1. The molecule has 3 heterocycles. The predicted octanol–water partition coefficient (Wildman–Crippen LogP) is 2.59. The third-order valence-electron chi connectivity index (χ3n) is 4.61. The van der Waals surface area contributed by atoms with Gasteiger partial charge < -0.3 is 30.0 Å². The van der Waals surface area contributed by atoms with E-state index in [1.165, 1.54) is 6.08 Å². The summed E-state index contributed by atoms with van der Waals surface area (Å²) in [4.78, 5) is 31.7. The maximum Gasteiger partial charge on any atom is 0.345 e. The van der Waals surface area contributed by atoms with Crippen molar-refractivity contribution < 1.29 is 29.3 Å². The minimum absolute atomic E-state index is 0.0580. The van der Waals surface area contributed by atoms with Gasteiger partial charge in [-0.3, -0.25) is 4.79 Å². The quantitative estimate of drug-likeness (QED) is 0.338. The number of aliphatic carboxylic acids is 1. The van der Waals surface area contributed by atoms with Gasteiger partial charge in [-0.2, -0.15) is 0 Å². The average Bonchev–Trinajstić information content (AvgIpc) is 3.29. The summed E-state index contributed by atoms with van der Waals surface area (Å²) in [5.41, 5.74) is 2.06. The number of anilines is 1. The fourth-order valence-corrected chi connectivity index (χ4v) is 3.18. The number of aryl methyl sites for hydroxylation is 1. The van der Waals surface area contributed by atoms with E-state index in [0.29, 0.717) is 22.6 Å². The summed E-state index contributed by atoms with van der Waals surface area (Å²) in [6.07, 6.45) is 4.77. The van der Waals surface area contributed by atoms with E-state index in [4.69, 9.17) is 14.6 Å². The molecule has 9 heteroatoms. The molecule has 0 saturated carbocycles. The van der Waals surface area contributed by atoms with Crippen LogP contribution in [0.25, 0.3) is 17.1 Å². The number of nitrogens with one attached hydrogen (secondary N) is 2. The van der Waals surface area contributed by atoms with E-state index >= 15 is 0 Å². The summed E-state index contributed by atoms with van der Waals surface area (Å²) in [7, 11) is 0. The van der Waals surface area contributed by atoms with Gasteiger partial charge in [-0.05, 0) is 42.8 Å². The van der Waals surface area contributed by atoms with Crippen molar-refractivity contribution in [3.63, 3.8) is 0 Å². The fraction of sp³-hybridized carbons (Fsp3) is 0.136. The number of carbonyl (C=O) groups excluding carboxylic acids is 1. The van der Waals surface area contributed by atoms with Crippen LogP contribution < -0.4 is 10.1 Å². The molecule has 0 bridgehead atoms. The second-order valence-electron chi connectivity index (χ2n) is 6.79. The second-order valence-corrected chi connectivity index (χ2v) is 6.79. The van der Waals surface area contributed by atoms with Crippen LogP contribution in [0.2, 0.25) is 0 Å². The number of ketones is 1. The Balaban J connectivity index is 1.68. The molecule has 0 atom stereocenters. The molecule has 4 N–H and O–H groups in total. The van der Waals surface area contributed by atoms with E-state index in [2.05, 4.69) is 15.3 Å². The lowest BCUT2D eigenvalue weighted by molar-refractivity contribution is -0.134. The number of Topliss-reactive ketones (excluding diaryl/α,β-unsaturated/α-hetero) is 1. The Bertz CT molecular complexity index is 1240. The van der Waals surface area contributed by atoms with Crippen molar-refractivity contribution in [3.05, 3.63) is 71.1 Å². The molecule has 158 valence electrons. The van der Waals surface area contributed by atoms with Gasteiger partial charge in [0, 0.05) is 23.3 Å². The van der Waals surface area contributed by atoms with Crippen LogP contribution in [0, 0.1) is 6.92 Å². The van der Waals surface area contributed by atoms with E-state index in [-0.39, 0.29) is 24.9 Å². The number of benzene rings is 1. The number of hydrogen-bond donors (Lipinski definition) is 4. The molecule has 0 fully saturated rings. The molecule has 0 saturated heterocycles. The summed E-state index contributed by atoms with van der Waals surface area (Å²) in [5, 5.41) is 22.2.